The van der Waals surface area contributed by atoms with E-state index >= 15 is 0 Å². The molecular weight excluding hydrogens is 489 g/mol. The van der Waals surface area contributed by atoms with Crippen LogP contribution in [0, 0.1) is 6.92 Å². The molecule has 1 N–H and O–H groups in total. The van der Waals surface area contributed by atoms with Crippen LogP contribution in [0.25, 0.3) is 0 Å². The first kappa shape index (κ1) is 24.1. The molecule has 3 amide bonds. The van der Waals surface area contributed by atoms with Crippen LogP contribution in [0.3, 0.4) is 0 Å². The van der Waals surface area contributed by atoms with Crippen molar-refractivity contribution >= 4 is 40.9 Å². The molecule has 1 saturated carbocycles. The number of hydrogen-bond acceptors (Lipinski definition) is 4. The van der Waals surface area contributed by atoms with Crippen molar-refractivity contribution in [1.82, 2.24) is 15.1 Å². The molecule has 3 fully saturated rings. The second-order valence-corrected chi connectivity index (χ2v) is 10.3. The van der Waals surface area contributed by atoms with E-state index in [9.17, 15) is 14.4 Å². The van der Waals surface area contributed by atoms with Crippen molar-refractivity contribution in [2.45, 2.75) is 50.4 Å². The zero-order valence-corrected chi connectivity index (χ0v) is 20.9. The highest BCUT2D eigenvalue weighted by Gasteiger charge is 2.54. The summed E-state index contributed by atoms with van der Waals surface area (Å²) < 4.78 is 6.24. The third-order valence-electron chi connectivity index (χ3n) is 6.97. The van der Waals surface area contributed by atoms with Gasteiger partial charge in [-0.3, -0.25) is 19.3 Å². The van der Waals surface area contributed by atoms with Crippen LogP contribution in [-0.2, 0) is 9.53 Å². The van der Waals surface area contributed by atoms with Gasteiger partial charge < -0.3 is 15.0 Å². The molecule has 35 heavy (non-hydrogen) atoms. The van der Waals surface area contributed by atoms with Gasteiger partial charge in [-0.25, -0.2) is 0 Å². The second-order valence-electron chi connectivity index (χ2n) is 9.52. The van der Waals surface area contributed by atoms with E-state index in [-0.39, 0.29) is 30.4 Å². The fraction of sp³-hybridized carbons (Fsp3) is 0.423. The Morgan fingerprint density at radius 2 is 1.69 bits per heavy atom. The van der Waals surface area contributed by atoms with Crippen LogP contribution in [0.1, 0.15) is 52.0 Å². The minimum absolute atomic E-state index is 0.136. The van der Waals surface area contributed by atoms with Gasteiger partial charge >= 0.3 is 0 Å². The molecule has 0 radical (unpaired) electrons. The Morgan fingerprint density at radius 3 is 2.34 bits per heavy atom. The number of nitrogens with one attached hydrogen (secondary N) is 1. The number of amides is 3. The van der Waals surface area contributed by atoms with Gasteiger partial charge in [0, 0.05) is 43.1 Å². The molecule has 2 aliphatic heterocycles. The Hall–Kier alpha value is -2.61. The van der Waals surface area contributed by atoms with E-state index in [2.05, 4.69) is 5.32 Å². The van der Waals surface area contributed by atoms with Crippen LogP contribution >= 0.6 is 23.2 Å². The zero-order valence-electron chi connectivity index (χ0n) is 19.4. The molecule has 0 bridgehead atoms. The SMILES string of the molecule is Cc1cccc(C(=O)N2[C@H](C(=O)NC3CC3)COC23CCN(C(=O)c2ccc(Cl)c(Cl)c2)CC3)c1. The number of likely N-dealkylation sites (tertiary alicyclic amines) is 1. The predicted molar refractivity (Wildman–Crippen MR) is 133 cm³/mol. The van der Waals surface area contributed by atoms with E-state index in [1.807, 2.05) is 25.1 Å². The van der Waals surface area contributed by atoms with Crippen LogP contribution in [0.4, 0.5) is 0 Å². The standard InChI is InChI=1S/C26H27Cl2N3O4/c1-16-3-2-4-17(13-16)25(34)31-22(23(32)29-19-6-7-19)15-35-26(31)9-11-30(12-10-26)24(33)18-5-8-20(27)21(28)14-18/h2-5,8,13-14,19,22H,6-7,9-12,15H2,1H3,(H,29,32)/t22-/m0/s1. The predicted octanol–water partition coefficient (Wildman–Crippen LogP) is 4.05. The summed E-state index contributed by atoms with van der Waals surface area (Å²) in [6, 6.07) is 11.7. The highest BCUT2D eigenvalue weighted by atomic mass is 35.5. The molecule has 2 heterocycles. The van der Waals surface area contributed by atoms with Crippen LogP contribution in [0.15, 0.2) is 42.5 Å². The van der Waals surface area contributed by atoms with Gasteiger partial charge in [0.25, 0.3) is 11.8 Å². The molecule has 2 saturated heterocycles. The molecule has 0 aromatic heterocycles. The third-order valence-corrected chi connectivity index (χ3v) is 7.71. The van der Waals surface area contributed by atoms with Gasteiger partial charge in [0.15, 0.2) is 0 Å². The average Bonchev–Trinajstić information content (AvgIpc) is 3.59. The fourth-order valence-electron chi connectivity index (χ4n) is 4.88. The van der Waals surface area contributed by atoms with E-state index < -0.39 is 11.8 Å². The number of ether oxygens (including phenoxy) is 1. The summed E-state index contributed by atoms with van der Waals surface area (Å²) in [4.78, 5) is 43.3. The lowest BCUT2D eigenvalue weighted by molar-refractivity contribution is -0.128. The molecular formula is C26H27Cl2N3O4. The van der Waals surface area contributed by atoms with E-state index in [1.54, 1.807) is 34.1 Å². The summed E-state index contributed by atoms with van der Waals surface area (Å²) in [6.45, 7) is 2.83. The molecule has 184 valence electrons. The number of nitrogens with zero attached hydrogens (tertiary/aromatic N) is 2. The summed E-state index contributed by atoms with van der Waals surface area (Å²) in [7, 11) is 0. The Balaban J connectivity index is 1.38. The van der Waals surface area contributed by atoms with E-state index in [1.165, 1.54) is 0 Å². The number of carbonyl (C=O) groups is 3. The number of halogens is 2. The average molecular weight is 516 g/mol. The second kappa shape index (κ2) is 9.45. The first-order valence-electron chi connectivity index (χ1n) is 11.9. The molecule has 9 heteroatoms. The van der Waals surface area contributed by atoms with Crippen LogP contribution in [0.5, 0.6) is 0 Å². The van der Waals surface area contributed by atoms with Gasteiger partial charge in [-0.05, 0) is 50.1 Å². The summed E-state index contributed by atoms with van der Waals surface area (Å²) in [5.41, 5.74) is 0.998. The normalized spacial score (nSPS) is 21.3. The smallest absolute Gasteiger partial charge is 0.256 e. The fourth-order valence-corrected chi connectivity index (χ4v) is 5.18. The molecule has 1 atom stereocenters. The number of benzene rings is 2. The first-order chi connectivity index (χ1) is 16.8. The molecule has 3 aliphatic rings. The molecule has 1 spiro atoms. The highest BCUT2D eigenvalue weighted by molar-refractivity contribution is 6.42. The van der Waals surface area contributed by atoms with Gasteiger partial charge in [0.1, 0.15) is 11.8 Å². The van der Waals surface area contributed by atoms with Crippen molar-refractivity contribution < 1.29 is 19.1 Å². The zero-order chi connectivity index (χ0) is 24.7. The lowest BCUT2D eigenvalue weighted by atomic mass is 9.95. The Bertz CT molecular complexity index is 1170. The molecule has 0 unspecified atom stereocenters. The van der Waals surface area contributed by atoms with Gasteiger partial charge in [-0.15, -0.1) is 0 Å². The quantitative estimate of drug-likeness (QED) is 0.665. The van der Waals surface area contributed by atoms with Crippen molar-refractivity contribution in [2.75, 3.05) is 19.7 Å². The Kier molecular flexibility index (Phi) is 6.51. The summed E-state index contributed by atoms with van der Waals surface area (Å²) in [5, 5.41) is 3.74. The van der Waals surface area contributed by atoms with Crippen LogP contribution in [0.2, 0.25) is 10.0 Å². The Morgan fingerprint density at radius 1 is 0.971 bits per heavy atom. The maximum atomic E-state index is 13.8. The summed E-state index contributed by atoms with van der Waals surface area (Å²) in [5.74, 6) is -0.568. The van der Waals surface area contributed by atoms with Crippen LogP contribution in [-0.4, -0.2) is 65.0 Å². The molecule has 7 nitrogen and oxygen atoms in total. The Labute approximate surface area is 214 Å². The van der Waals surface area contributed by atoms with Gasteiger partial charge in [0.2, 0.25) is 5.91 Å². The van der Waals surface area contributed by atoms with Gasteiger partial charge in [-0.2, -0.15) is 0 Å². The van der Waals surface area contributed by atoms with Gasteiger partial charge in [0.05, 0.1) is 16.7 Å². The number of hydrogen-bond donors (Lipinski definition) is 1. The minimum Gasteiger partial charge on any atom is -0.353 e. The summed E-state index contributed by atoms with van der Waals surface area (Å²) in [6.07, 6.45) is 2.74. The highest BCUT2D eigenvalue weighted by Crippen LogP contribution is 2.39. The third kappa shape index (κ3) is 4.77. The first-order valence-corrected chi connectivity index (χ1v) is 12.6. The lowest BCUT2D eigenvalue weighted by Gasteiger charge is -2.44. The van der Waals surface area contributed by atoms with Gasteiger partial charge in [-0.1, -0.05) is 40.9 Å². The van der Waals surface area contributed by atoms with E-state index in [0.29, 0.717) is 47.1 Å². The number of aryl methyl sites for hydroxylation is 1. The van der Waals surface area contributed by atoms with Crippen molar-refractivity contribution in [1.29, 1.82) is 0 Å². The van der Waals surface area contributed by atoms with E-state index in [0.717, 1.165) is 18.4 Å². The minimum atomic E-state index is -0.944. The molecule has 5 rings (SSSR count). The lowest BCUT2D eigenvalue weighted by Crippen LogP contribution is -2.60. The van der Waals surface area contributed by atoms with E-state index in [4.69, 9.17) is 27.9 Å². The largest absolute Gasteiger partial charge is 0.353 e. The van der Waals surface area contributed by atoms with Crippen molar-refractivity contribution in [2.24, 2.45) is 0 Å². The maximum absolute atomic E-state index is 13.8. The monoisotopic (exact) mass is 515 g/mol. The maximum Gasteiger partial charge on any atom is 0.256 e. The van der Waals surface area contributed by atoms with Crippen molar-refractivity contribution in [3.63, 3.8) is 0 Å². The number of carbonyl (C=O) groups excluding carboxylic acids is 3. The summed E-state index contributed by atoms with van der Waals surface area (Å²) >= 11 is 12.1. The van der Waals surface area contributed by atoms with Crippen molar-refractivity contribution in [3.05, 3.63) is 69.2 Å². The number of piperidine rings is 1. The van der Waals surface area contributed by atoms with Crippen molar-refractivity contribution in [3.8, 4) is 0 Å². The molecule has 2 aromatic carbocycles. The molecule has 1 aliphatic carbocycles. The topological polar surface area (TPSA) is 79.0 Å². The molecule has 2 aromatic rings. The van der Waals surface area contributed by atoms with Crippen LogP contribution < -0.4 is 5.32 Å². The number of rotatable bonds is 4.